The predicted molar refractivity (Wildman–Crippen MR) is 195 cm³/mol. The van der Waals surface area contributed by atoms with Crippen LogP contribution in [0.5, 0.6) is 11.9 Å². The van der Waals surface area contributed by atoms with Gasteiger partial charge in [-0.1, -0.05) is 43.7 Å². The lowest BCUT2D eigenvalue weighted by Gasteiger charge is -2.41. The van der Waals surface area contributed by atoms with Gasteiger partial charge in [0.05, 0.1) is 43.2 Å². The molecule has 0 spiro atoms. The van der Waals surface area contributed by atoms with Crippen LogP contribution in [0.1, 0.15) is 57.1 Å². The van der Waals surface area contributed by atoms with E-state index in [-0.39, 0.29) is 17.0 Å². The lowest BCUT2D eigenvalue weighted by atomic mass is 9.92. The Balaban J connectivity index is 1.33. The highest BCUT2D eigenvalue weighted by Gasteiger charge is 2.45. The van der Waals surface area contributed by atoms with Crippen LogP contribution in [0, 0.1) is 23.6 Å². The molecule has 9 nitrogen and oxygen atoms in total. The van der Waals surface area contributed by atoms with Crippen LogP contribution in [0.3, 0.4) is 0 Å². The number of aromatic nitrogens is 3. The monoisotopic (exact) mass is 676 g/mol. The number of piperazine rings is 1. The summed E-state index contributed by atoms with van der Waals surface area (Å²) in [6, 6.07) is 9.86. The molecule has 1 N–H and O–H groups in total. The number of nitrogens with zero attached hydrogens (tertiary/aromatic N) is 5. The van der Waals surface area contributed by atoms with Gasteiger partial charge in [-0.15, -0.1) is 6.42 Å². The Morgan fingerprint density at radius 2 is 1.98 bits per heavy atom. The highest BCUT2D eigenvalue weighted by molar-refractivity contribution is 6.08. The number of pyridine rings is 1. The number of benzene rings is 2. The molecule has 3 aliphatic heterocycles. The molecule has 260 valence electrons. The highest BCUT2D eigenvalue weighted by atomic mass is 19.1. The molecule has 4 aromatic rings. The van der Waals surface area contributed by atoms with Gasteiger partial charge >= 0.3 is 6.01 Å². The average Bonchev–Trinajstić information content (AvgIpc) is 3.89. The molecule has 0 amide bonds. The molecule has 1 saturated carbocycles. The van der Waals surface area contributed by atoms with Crippen LogP contribution in [0.4, 0.5) is 10.2 Å². The first kappa shape index (κ1) is 32.9. The summed E-state index contributed by atoms with van der Waals surface area (Å²) in [5.41, 5.74) is 3.75. The van der Waals surface area contributed by atoms with Crippen molar-refractivity contribution in [1.82, 2.24) is 25.2 Å². The first-order chi connectivity index (χ1) is 24.4. The van der Waals surface area contributed by atoms with E-state index in [1.54, 1.807) is 6.07 Å². The zero-order valence-electron chi connectivity index (χ0n) is 29.1. The second kappa shape index (κ2) is 13.4. The van der Waals surface area contributed by atoms with E-state index in [2.05, 4.69) is 34.5 Å². The lowest BCUT2D eigenvalue weighted by molar-refractivity contribution is 0.0231. The Kier molecular flexibility index (Phi) is 8.84. The third-order valence-electron chi connectivity index (χ3n) is 10.9. The van der Waals surface area contributed by atoms with E-state index in [1.807, 2.05) is 25.1 Å². The summed E-state index contributed by atoms with van der Waals surface area (Å²) in [5, 5.41) is 5.94. The van der Waals surface area contributed by atoms with Gasteiger partial charge in [-0.3, -0.25) is 4.90 Å². The minimum absolute atomic E-state index is 0.0805. The van der Waals surface area contributed by atoms with E-state index in [0.29, 0.717) is 53.3 Å². The Morgan fingerprint density at radius 3 is 2.74 bits per heavy atom. The van der Waals surface area contributed by atoms with Crippen LogP contribution < -0.4 is 19.7 Å². The van der Waals surface area contributed by atoms with Crippen molar-refractivity contribution in [2.75, 3.05) is 64.1 Å². The highest BCUT2D eigenvalue weighted by Crippen LogP contribution is 2.48. The molecule has 10 heteroatoms. The maximum Gasteiger partial charge on any atom is 0.318 e. The van der Waals surface area contributed by atoms with E-state index < -0.39 is 5.82 Å². The summed E-state index contributed by atoms with van der Waals surface area (Å²) in [7, 11) is 0. The number of rotatable bonds is 8. The van der Waals surface area contributed by atoms with Crippen molar-refractivity contribution >= 4 is 33.1 Å². The van der Waals surface area contributed by atoms with Crippen LogP contribution in [0.15, 0.2) is 36.9 Å². The minimum Gasteiger partial charge on any atom is -0.477 e. The first-order valence-corrected chi connectivity index (χ1v) is 18.0. The summed E-state index contributed by atoms with van der Waals surface area (Å²) in [6.07, 6.45) is 10.9. The second-order valence-corrected chi connectivity index (χ2v) is 14.4. The van der Waals surface area contributed by atoms with E-state index in [1.165, 1.54) is 6.07 Å². The van der Waals surface area contributed by atoms with Gasteiger partial charge in [0.1, 0.15) is 17.0 Å². The van der Waals surface area contributed by atoms with Crippen molar-refractivity contribution in [1.29, 1.82) is 0 Å². The number of terminal acetylenes is 1. The van der Waals surface area contributed by atoms with Gasteiger partial charge in [-0.05, 0) is 56.1 Å². The summed E-state index contributed by atoms with van der Waals surface area (Å²) < 4.78 is 34.0. The molecule has 2 saturated heterocycles. The van der Waals surface area contributed by atoms with Crippen LogP contribution >= 0.6 is 0 Å². The minimum atomic E-state index is -0.450. The molecule has 0 radical (unpaired) electrons. The lowest BCUT2D eigenvalue weighted by Crippen LogP contribution is -2.56. The number of allylic oxidation sites excluding steroid dienone is 1. The summed E-state index contributed by atoms with van der Waals surface area (Å²) in [6.45, 7) is 15.7. The standard InChI is InChI=1S/C40H45FN6O3/c1-5-27-22-47-28(21-42-27)10-8-18-49-38-34-36(44-39(45-37(34)47)50-24-40(14-15-40)23-46-16-19-48-20-17-46)32(25(3)4)35(43-38)30-11-7-9-26-12-13-31(41)29(6-2)33(26)30/h2,7,9,11-13,27-28,42H,3,5,8,10,14-24H2,1,4H3/t27-,28-/m1/s1. The Hall–Kier alpha value is -4.30. The molecule has 50 heavy (non-hydrogen) atoms. The number of nitrogens with one attached hydrogen (secondary N) is 1. The van der Waals surface area contributed by atoms with Crippen molar-refractivity contribution < 1.29 is 18.6 Å². The topological polar surface area (TPSA) is 84.9 Å². The third-order valence-corrected chi connectivity index (χ3v) is 10.9. The van der Waals surface area contributed by atoms with Crippen LogP contribution in [0.25, 0.3) is 38.5 Å². The normalized spacial score (nSPS) is 21.8. The van der Waals surface area contributed by atoms with Crippen LogP contribution in [-0.4, -0.2) is 91.1 Å². The number of ether oxygens (including phenoxy) is 3. The van der Waals surface area contributed by atoms with Gasteiger partial charge in [0.25, 0.3) is 0 Å². The fraction of sp³-hybridized carbons (Fsp3) is 0.475. The largest absolute Gasteiger partial charge is 0.477 e. The van der Waals surface area contributed by atoms with Gasteiger partial charge in [0.15, 0.2) is 0 Å². The molecule has 2 aromatic heterocycles. The summed E-state index contributed by atoms with van der Waals surface area (Å²) in [5.74, 6) is 3.38. The fourth-order valence-electron chi connectivity index (χ4n) is 7.92. The summed E-state index contributed by atoms with van der Waals surface area (Å²) >= 11 is 0. The first-order valence-electron chi connectivity index (χ1n) is 18.0. The zero-order chi connectivity index (χ0) is 34.4. The number of anilines is 1. The van der Waals surface area contributed by atoms with Crippen molar-refractivity contribution in [2.45, 2.75) is 58.0 Å². The number of morpholine rings is 1. The molecule has 0 unspecified atom stereocenters. The Morgan fingerprint density at radius 1 is 1.14 bits per heavy atom. The molecule has 4 aliphatic rings. The molecule has 3 fully saturated rings. The van der Waals surface area contributed by atoms with Gasteiger partial charge in [-0.2, -0.15) is 9.97 Å². The zero-order valence-corrected chi connectivity index (χ0v) is 29.1. The van der Waals surface area contributed by atoms with Gasteiger partial charge in [-0.25, -0.2) is 9.37 Å². The van der Waals surface area contributed by atoms with E-state index in [4.69, 9.17) is 35.6 Å². The van der Waals surface area contributed by atoms with Gasteiger partial charge in [0.2, 0.25) is 5.88 Å². The predicted octanol–water partition coefficient (Wildman–Crippen LogP) is 6.22. The number of halogens is 1. The quantitative estimate of drug-likeness (QED) is 0.219. The molecule has 2 atom stereocenters. The smallest absolute Gasteiger partial charge is 0.318 e. The number of hydrogen-bond acceptors (Lipinski definition) is 9. The van der Waals surface area contributed by atoms with Crippen molar-refractivity contribution in [2.24, 2.45) is 5.41 Å². The van der Waals surface area contributed by atoms with E-state index >= 15 is 4.39 Å². The van der Waals surface area contributed by atoms with Crippen molar-refractivity contribution in [3.05, 3.63) is 53.9 Å². The van der Waals surface area contributed by atoms with Crippen molar-refractivity contribution in [3.8, 4) is 35.5 Å². The van der Waals surface area contributed by atoms with E-state index in [9.17, 15) is 0 Å². The third kappa shape index (κ3) is 6.06. The second-order valence-electron chi connectivity index (χ2n) is 14.4. The summed E-state index contributed by atoms with van der Waals surface area (Å²) in [4.78, 5) is 20.5. The van der Waals surface area contributed by atoms with Crippen LogP contribution in [0.2, 0.25) is 0 Å². The Labute approximate surface area is 293 Å². The molecular weight excluding hydrogens is 631 g/mol. The molecule has 1 aliphatic carbocycles. The number of hydrogen-bond donors (Lipinski definition) is 1. The molecule has 8 rings (SSSR count). The molecular formula is C40H45FN6O3. The van der Waals surface area contributed by atoms with Crippen LogP contribution in [-0.2, 0) is 4.74 Å². The van der Waals surface area contributed by atoms with Crippen molar-refractivity contribution in [3.63, 3.8) is 0 Å². The SMILES string of the molecule is C#Cc1c(F)ccc2cccc(-c3nc4c5c(nc(OCC6(CN7CCOCC7)CC6)nc5c3C(=C)C)N3C[C@@H](CC)NC[C@H]3CCCO4)c12. The Bertz CT molecular complexity index is 2000. The molecule has 2 aromatic carbocycles. The number of fused-ring (bicyclic) bond motifs is 3. The average molecular weight is 677 g/mol. The van der Waals surface area contributed by atoms with E-state index in [0.717, 1.165) is 106 Å². The maximum absolute atomic E-state index is 15.2. The maximum atomic E-state index is 15.2. The fourth-order valence-corrected chi connectivity index (χ4v) is 7.92. The molecule has 5 heterocycles. The van der Waals surface area contributed by atoms with Gasteiger partial charge in [0, 0.05) is 66.7 Å². The van der Waals surface area contributed by atoms with Gasteiger partial charge < -0.3 is 24.4 Å². The molecule has 0 bridgehead atoms.